The van der Waals surface area contributed by atoms with Crippen LogP contribution in [-0.2, 0) is 4.79 Å². The van der Waals surface area contributed by atoms with Crippen molar-refractivity contribution in [1.29, 1.82) is 0 Å². The molecule has 1 saturated heterocycles. The molecule has 100 valence electrons. The van der Waals surface area contributed by atoms with Gasteiger partial charge in [-0.15, -0.1) is 0 Å². The van der Waals surface area contributed by atoms with Gasteiger partial charge in [-0.05, 0) is 33.1 Å². The van der Waals surface area contributed by atoms with Crippen LogP contribution in [-0.4, -0.2) is 56.6 Å². The van der Waals surface area contributed by atoms with Crippen LogP contribution < -0.4 is 10.2 Å². The van der Waals surface area contributed by atoms with Gasteiger partial charge < -0.3 is 15.1 Å². The highest BCUT2D eigenvalue weighted by Gasteiger charge is 2.29. The van der Waals surface area contributed by atoms with Gasteiger partial charge in [-0.3, -0.25) is 4.79 Å². The predicted molar refractivity (Wildman–Crippen MR) is 69.0 cm³/mol. The molecular formula is C13H29N3O+2. The number of amides is 1. The highest BCUT2D eigenvalue weighted by Crippen LogP contribution is 2.21. The Bertz CT molecular complexity index is 233. The maximum atomic E-state index is 12.2. The average Bonchev–Trinajstić information content (AvgIpc) is 2.24. The van der Waals surface area contributed by atoms with Crippen molar-refractivity contribution in [3.05, 3.63) is 0 Å². The van der Waals surface area contributed by atoms with Crippen molar-refractivity contribution in [2.75, 3.05) is 33.7 Å². The third-order valence-corrected chi connectivity index (χ3v) is 3.65. The monoisotopic (exact) mass is 243 g/mol. The smallest absolute Gasteiger partial charge is 0.278 e. The lowest BCUT2D eigenvalue weighted by molar-refractivity contribution is -0.873. The molecule has 0 aromatic heterocycles. The summed E-state index contributed by atoms with van der Waals surface area (Å²) in [4.78, 5) is 15.7. The van der Waals surface area contributed by atoms with Crippen LogP contribution in [0.15, 0.2) is 0 Å². The van der Waals surface area contributed by atoms with Crippen molar-refractivity contribution < 1.29 is 15.0 Å². The van der Waals surface area contributed by atoms with Gasteiger partial charge in [-0.1, -0.05) is 0 Å². The minimum Gasteiger partial charge on any atom is -0.335 e. The average molecular weight is 243 g/mol. The summed E-state index contributed by atoms with van der Waals surface area (Å²) in [5, 5.41) is 2.14. The summed E-state index contributed by atoms with van der Waals surface area (Å²) in [7, 11) is 4.29. The minimum atomic E-state index is 0.318. The second-order valence-corrected chi connectivity index (χ2v) is 5.67. The van der Waals surface area contributed by atoms with Gasteiger partial charge in [0.15, 0.2) is 6.54 Å². The zero-order chi connectivity index (χ0) is 12.8. The van der Waals surface area contributed by atoms with E-state index in [9.17, 15) is 4.79 Å². The summed E-state index contributed by atoms with van der Waals surface area (Å²) in [6, 6.07) is 0.859. The molecule has 0 radical (unpaired) electrons. The Labute approximate surface area is 105 Å². The molecule has 0 saturated carbocycles. The molecule has 0 aromatic carbocycles. The first-order valence-electron chi connectivity index (χ1n) is 6.94. The number of hydrogen-bond donors (Lipinski definition) is 2. The van der Waals surface area contributed by atoms with Crippen LogP contribution >= 0.6 is 0 Å². The van der Waals surface area contributed by atoms with Crippen LogP contribution in [0.25, 0.3) is 0 Å². The van der Waals surface area contributed by atoms with Gasteiger partial charge in [0, 0.05) is 12.1 Å². The summed E-state index contributed by atoms with van der Waals surface area (Å²) >= 11 is 0. The number of quaternary nitrogens is 2. The minimum absolute atomic E-state index is 0.318. The number of carbonyl (C=O) groups is 1. The molecule has 1 aliphatic heterocycles. The number of nitrogens with zero attached hydrogens (tertiary/aromatic N) is 1. The number of rotatable bonds is 5. The lowest BCUT2D eigenvalue weighted by atomic mass is 9.97. The van der Waals surface area contributed by atoms with Crippen LogP contribution in [0.5, 0.6) is 0 Å². The Hall–Kier alpha value is -0.610. The molecule has 2 atom stereocenters. The Balaban J connectivity index is 2.30. The second-order valence-electron chi connectivity index (χ2n) is 5.67. The van der Waals surface area contributed by atoms with Gasteiger partial charge in [0.2, 0.25) is 0 Å². The van der Waals surface area contributed by atoms with E-state index < -0.39 is 0 Å². The molecule has 0 spiro atoms. The Morgan fingerprint density at radius 1 is 1.29 bits per heavy atom. The third kappa shape index (κ3) is 4.64. The molecule has 1 rings (SSSR count). The van der Waals surface area contributed by atoms with Crippen molar-refractivity contribution in [3.8, 4) is 0 Å². The first-order chi connectivity index (χ1) is 8.02. The molecule has 17 heavy (non-hydrogen) atoms. The third-order valence-electron chi connectivity index (χ3n) is 3.65. The zero-order valence-corrected chi connectivity index (χ0v) is 11.8. The molecule has 1 heterocycles. The van der Waals surface area contributed by atoms with Gasteiger partial charge in [-0.2, -0.15) is 0 Å². The van der Waals surface area contributed by atoms with Gasteiger partial charge in [0.1, 0.15) is 13.1 Å². The molecule has 0 bridgehead atoms. The number of likely N-dealkylation sites (N-methyl/N-ethyl adjacent to an activating group) is 1. The first kappa shape index (κ1) is 14.5. The molecule has 0 aromatic rings. The summed E-state index contributed by atoms with van der Waals surface area (Å²) in [6.07, 6.45) is 3.59. The van der Waals surface area contributed by atoms with Gasteiger partial charge in [0.05, 0.1) is 14.1 Å². The van der Waals surface area contributed by atoms with Crippen LogP contribution in [0, 0.1) is 0 Å². The molecule has 4 nitrogen and oxygen atoms in total. The number of piperidine rings is 1. The fraction of sp³-hybridized carbons (Fsp3) is 0.923. The highest BCUT2D eigenvalue weighted by atomic mass is 16.2. The van der Waals surface area contributed by atoms with E-state index in [1.54, 1.807) is 0 Å². The number of carbonyl (C=O) groups excluding carboxylic acids is 1. The predicted octanol–water partition coefficient (Wildman–Crippen LogP) is -1.52. The molecule has 0 aliphatic carbocycles. The zero-order valence-electron chi connectivity index (χ0n) is 11.8. The Morgan fingerprint density at radius 3 is 2.41 bits per heavy atom. The summed E-state index contributed by atoms with van der Waals surface area (Å²) in [5.41, 5.74) is 0. The van der Waals surface area contributed by atoms with E-state index in [1.165, 1.54) is 11.3 Å². The Kier molecular flexibility index (Phi) is 5.92. The van der Waals surface area contributed by atoms with E-state index in [2.05, 4.69) is 38.2 Å². The fourth-order valence-corrected chi connectivity index (χ4v) is 2.63. The quantitative estimate of drug-likeness (QED) is 0.566. The molecule has 3 N–H and O–H groups in total. The molecule has 1 amide bonds. The fourth-order valence-electron chi connectivity index (χ4n) is 2.63. The lowest BCUT2D eigenvalue weighted by Gasteiger charge is -2.38. The second kappa shape index (κ2) is 6.97. The van der Waals surface area contributed by atoms with Crippen molar-refractivity contribution in [2.45, 2.75) is 45.2 Å². The number of nitrogens with two attached hydrogens (primary N) is 1. The van der Waals surface area contributed by atoms with Crippen molar-refractivity contribution in [3.63, 3.8) is 0 Å². The van der Waals surface area contributed by atoms with Crippen molar-refractivity contribution in [2.24, 2.45) is 0 Å². The maximum absolute atomic E-state index is 12.2. The Morgan fingerprint density at radius 2 is 1.88 bits per heavy atom. The van der Waals surface area contributed by atoms with E-state index in [0.29, 0.717) is 24.5 Å². The summed E-state index contributed by atoms with van der Waals surface area (Å²) in [5.74, 6) is 0.318. The summed E-state index contributed by atoms with van der Waals surface area (Å²) < 4.78 is 0. The van der Waals surface area contributed by atoms with E-state index in [1.807, 2.05) is 0 Å². The van der Waals surface area contributed by atoms with E-state index in [-0.39, 0.29) is 0 Å². The molecular weight excluding hydrogens is 214 g/mol. The maximum Gasteiger partial charge on any atom is 0.278 e. The summed E-state index contributed by atoms with van der Waals surface area (Å²) in [6.45, 7) is 7.11. The lowest BCUT2D eigenvalue weighted by Crippen LogP contribution is -3.09. The molecule has 0 unspecified atom stereocenters. The van der Waals surface area contributed by atoms with Crippen molar-refractivity contribution in [1.82, 2.24) is 4.90 Å². The SMILES string of the molecule is C[C@@H]1CCC[C@H](C)N1C(=O)C[NH2+]CC[NH+](C)C. The number of likely N-dealkylation sites (tertiary alicyclic amines) is 1. The molecule has 1 fully saturated rings. The van der Waals surface area contributed by atoms with Gasteiger partial charge in [-0.25, -0.2) is 0 Å². The molecule has 4 heteroatoms. The van der Waals surface area contributed by atoms with Crippen LogP contribution in [0.2, 0.25) is 0 Å². The van der Waals surface area contributed by atoms with E-state index >= 15 is 0 Å². The van der Waals surface area contributed by atoms with Crippen LogP contribution in [0.3, 0.4) is 0 Å². The largest absolute Gasteiger partial charge is 0.335 e. The normalized spacial score (nSPS) is 25.4. The number of hydrogen-bond acceptors (Lipinski definition) is 1. The highest BCUT2D eigenvalue weighted by molar-refractivity contribution is 5.77. The van der Waals surface area contributed by atoms with Crippen molar-refractivity contribution >= 4 is 5.91 Å². The van der Waals surface area contributed by atoms with Crippen LogP contribution in [0.1, 0.15) is 33.1 Å². The molecule has 1 aliphatic rings. The van der Waals surface area contributed by atoms with Gasteiger partial charge >= 0.3 is 0 Å². The standard InChI is InChI=1S/C13H27N3O/c1-11-6-5-7-12(2)16(11)13(17)10-14-8-9-15(3)4/h11-12,14H,5-10H2,1-4H3/p+2/t11-,12+. The topological polar surface area (TPSA) is 41.4 Å². The van der Waals surface area contributed by atoms with E-state index in [0.717, 1.165) is 25.9 Å². The first-order valence-corrected chi connectivity index (χ1v) is 6.94. The number of nitrogens with one attached hydrogen (secondary N) is 1. The van der Waals surface area contributed by atoms with E-state index in [4.69, 9.17) is 0 Å². The van der Waals surface area contributed by atoms with Crippen LogP contribution in [0.4, 0.5) is 0 Å². The van der Waals surface area contributed by atoms with Gasteiger partial charge in [0.25, 0.3) is 5.91 Å².